The topological polar surface area (TPSA) is 89.5 Å². The first-order chi connectivity index (χ1) is 15.5. The molecule has 32 heavy (non-hydrogen) atoms. The molecule has 3 heterocycles. The first-order valence-corrected chi connectivity index (χ1v) is 10.3. The van der Waals surface area contributed by atoms with Crippen molar-refractivity contribution < 1.29 is 9.90 Å². The Morgan fingerprint density at radius 1 is 1.03 bits per heavy atom. The van der Waals surface area contributed by atoms with Crippen LogP contribution in [0.1, 0.15) is 17.3 Å². The zero-order valence-electron chi connectivity index (χ0n) is 17.3. The lowest BCUT2D eigenvalue weighted by atomic mass is 10.1. The van der Waals surface area contributed by atoms with Crippen molar-refractivity contribution in [2.75, 3.05) is 0 Å². The van der Waals surface area contributed by atoms with Crippen LogP contribution in [0.15, 0.2) is 83.9 Å². The van der Waals surface area contributed by atoms with E-state index in [1.165, 1.54) is 17.0 Å². The van der Waals surface area contributed by atoms with E-state index in [-0.39, 0.29) is 6.42 Å². The number of hydrogen-bond donors (Lipinski definition) is 1. The largest absolute Gasteiger partial charge is 0.480 e. The van der Waals surface area contributed by atoms with Crippen molar-refractivity contribution in [3.8, 4) is 11.1 Å². The highest BCUT2D eigenvalue weighted by molar-refractivity contribution is 5.86. The molecule has 0 saturated heterocycles. The van der Waals surface area contributed by atoms with Crippen LogP contribution >= 0.6 is 0 Å². The van der Waals surface area contributed by atoms with E-state index in [1.807, 2.05) is 67.6 Å². The molecule has 0 fully saturated rings. The van der Waals surface area contributed by atoms with E-state index in [4.69, 9.17) is 0 Å². The van der Waals surface area contributed by atoms with Gasteiger partial charge in [-0.15, -0.1) is 0 Å². The minimum Gasteiger partial charge on any atom is -0.480 e. The molecular weight excluding hydrogens is 404 g/mol. The maximum absolute atomic E-state index is 13.3. The summed E-state index contributed by atoms with van der Waals surface area (Å²) in [5.41, 5.74) is 4.37. The normalized spacial score (nSPS) is 12.3. The van der Waals surface area contributed by atoms with Crippen LogP contribution in [0.3, 0.4) is 0 Å². The molecule has 0 aliphatic heterocycles. The van der Waals surface area contributed by atoms with Crippen molar-refractivity contribution in [3.05, 3.63) is 101 Å². The highest BCUT2D eigenvalue weighted by Gasteiger charge is 2.23. The summed E-state index contributed by atoms with van der Waals surface area (Å²) in [4.78, 5) is 29.8. The number of fused-ring (bicyclic) bond motifs is 3. The molecule has 0 bridgehead atoms. The molecule has 0 aliphatic carbocycles. The van der Waals surface area contributed by atoms with E-state index in [2.05, 4.69) is 10.1 Å². The van der Waals surface area contributed by atoms with Crippen LogP contribution in [0, 0.1) is 6.92 Å². The summed E-state index contributed by atoms with van der Waals surface area (Å²) >= 11 is 0. The number of pyridine rings is 1. The number of hydrogen-bond acceptors (Lipinski definition) is 4. The molecule has 5 rings (SSSR count). The molecule has 1 N–H and O–H groups in total. The molecule has 158 valence electrons. The maximum atomic E-state index is 13.3. The number of aryl methyl sites for hydroxylation is 1. The Morgan fingerprint density at radius 3 is 2.41 bits per heavy atom. The highest BCUT2D eigenvalue weighted by Crippen LogP contribution is 2.28. The Hall–Kier alpha value is -4.26. The van der Waals surface area contributed by atoms with Crippen molar-refractivity contribution in [2.24, 2.45) is 0 Å². The fourth-order valence-corrected chi connectivity index (χ4v) is 4.12. The number of carboxylic acid groups (broad SMARTS) is 1. The number of rotatable bonds is 5. The van der Waals surface area contributed by atoms with Gasteiger partial charge in [0.05, 0.1) is 16.6 Å². The number of aliphatic carboxylic acids is 1. The zero-order chi connectivity index (χ0) is 22.2. The number of benzene rings is 2. The van der Waals surface area contributed by atoms with Gasteiger partial charge in [0.1, 0.15) is 6.04 Å². The molecule has 5 aromatic rings. The monoisotopic (exact) mass is 424 g/mol. The number of nitrogens with zero attached hydrogens (tertiary/aromatic N) is 4. The maximum Gasteiger partial charge on any atom is 0.327 e. The summed E-state index contributed by atoms with van der Waals surface area (Å²) in [5, 5.41) is 14.8. The minimum atomic E-state index is -1.06. The lowest BCUT2D eigenvalue weighted by Crippen LogP contribution is -2.31. The first kappa shape index (κ1) is 19.7. The van der Waals surface area contributed by atoms with Gasteiger partial charge in [0, 0.05) is 24.4 Å². The summed E-state index contributed by atoms with van der Waals surface area (Å²) in [6.07, 6.45) is 3.25. The van der Waals surface area contributed by atoms with Crippen LogP contribution < -0.4 is 5.56 Å². The van der Waals surface area contributed by atoms with Crippen LogP contribution in [0.4, 0.5) is 0 Å². The van der Waals surface area contributed by atoms with Gasteiger partial charge in [-0.2, -0.15) is 5.10 Å². The molecule has 0 saturated carbocycles. The third kappa shape index (κ3) is 3.24. The summed E-state index contributed by atoms with van der Waals surface area (Å²) in [7, 11) is 0. The van der Waals surface area contributed by atoms with Crippen molar-refractivity contribution in [2.45, 2.75) is 19.4 Å². The lowest BCUT2D eigenvalue weighted by molar-refractivity contribution is -0.141. The van der Waals surface area contributed by atoms with Crippen LogP contribution in [0.2, 0.25) is 0 Å². The third-order valence-corrected chi connectivity index (χ3v) is 5.67. The average molecular weight is 424 g/mol. The van der Waals surface area contributed by atoms with E-state index in [1.54, 1.807) is 10.6 Å². The number of carboxylic acids is 1. The summed E-state index contributed by atoms with van der Waals surface area (Å²) in [6, 6.07) is 19.8. The van der Waals surface area contributed by atoms with Crippen LogP contribution in [-0.4, -0.2) is 30.2 Å². The second-order valence-corrected chi connectivity index (χ2v) is 7.69. The molecule has 0 radical (unpaired) electrons. The van der Waals surface area contributed by atoms with Gasteiger partial charge in [-0.25, -0.2) is 14.3 Å². The van der Waals surface area contributed by atoms with E-state index in [9.17, 15) is 14.7 Å². The molecule has 0 spiro atoms. The molecule has 0 amide bonds. The Kier molecular flexibility index (Phi) is 4.78. The summed E-state index contributed by atoms with van der Waals surface area (Å²) in [6.45, 7) is 1.91. The van der Waals surface area contributed by atoms with Gasteiger partial charge in [0.15, 0.2) is 5.65 Å². The van der Waals surface area contributed by atoms with Gasteiger partial charge < -0.3 is 9.67 Å². The molecule has 3 aromatic heterocycles. The van der Waals surface area contributed by atoms with Gasteiger partial charge >= 0.3 is 5.97 Å². The minimum absolute atomic E-state index is 0.205. The van der Waals surface area contributed by atoms with Gasteiger partial charge in [-0.1, -0.05) is 60.7 Å². The second kappa shape index (κ2) is 7.77. The average Bonchev–Trinajstić information content (AvgIpc) is 3.15. The standard InChI is InChI=1S/C25H20N4O3/c1-16-22(18-10-6-3-7-11-18)23-26-15-19-20(29(23)27-16)12-13-28(24(19)30)21(25(31)32)14-17-8-4-2-5-9-17/h2-13,15,21H,14H2,1H3,(H,31,32). The molecule has 2 aromatic carbocycles. The van der Waals surface area contributed by atoms with Crippen LogP contribution in [0.25, 0.3) is 27.7 Å². The van der Waals surface area contributed by atoms with Crippen LogP contribution in [0.5, 0.6) is 0 Å². The van der Waals surface area contributed by atoms with E-state index in [0.717, 1.165) is 22.4 Å². The van der Waals surface area contributed by atoms with Gasteiger partial charge in [-0.3, -0.25) is 4.79 Å². The lowest BCUT2D eigenvalue weighted by Gasteiger charge is -2.16. The third-order valence-electron chi connectivity index (χ3n) is 5.67. The predicted octanol–water partition coefficient (Wildman–Crippen LogP) is 3.89. The van der Waals surface area contributed by atoms with Crippen LogP contribution in [-0.2, 0) is 11.2 Å². The SMILES string of the molecule is Cc1nn2c(ncc3c(=O)n(C(Cc4ccccc4)C(=O)O)ccc32)c1-c1ccccc1. The van der Waals surface area contributed by atoms with Gasteiger partial charge in [0.25, 0.3) is 5.56 Å². The van der Waals surface area contributed by atoms with Crippen molar-refractivity contribution in [3.63, 3.8) is 0 Å². The Morgan fingerprint density at radius 2 is 1.72 bits per heavy atom. The fourth-order valence-electron chi connectivity index (χ4n) is 4.12. The molecule has 7 nitrogen and oxygen atoms in total. The Labute approximate surface area is 183 Å². The van der Waals surface area contributed by atoms with E-state index >= 15 is 0 Å². The van der Waals surface area contributed by atoms with Crippen molar-refractivity contribution >= 4 is 22.5 Å². The first-order valence-electron chi connectivity index (χ1n) is 10.3. The van der Waals surface area contributed by atoms with Crippen molar-refractivity contribution in [1.29, 1.82) is 0 Å². The molecule has 7 heteroatoms. The molecule has 1 atom stereocenters. The zero-order valence-corrected chi connectivity index (χ0v) is 17.3. The smallest absolute Gasteiger partial charge is 0.327 e. The van der Waals surface area contributed by atoms with E-state index in [0.29, 0.717) is 16.6 Å². The fraction of sp³-hybridized carbons (Fsp3) is 0.120. The summed E-state index contributed by atoms with van der Waals surface area (Å²) < 4.78 is 2.92. The Balaban J connectivity index is 1.67. The Bertz CT molecular complexity index is 1510. The summed E-state index contributed by atoms with van der Waals surface area (Å²) in [5.74, 6) is -1.06. The van der Waals surface area contributed by atoms with E-state index < -0.39 is 17.6 Å². The quantitative estimate of drug-likeness (QED) is 0.462. The predicted molar refractivity (Wildman–Crippen MR) is 122 cm³/mol. The molecular formula is C25H20N4O3. The molecule has 1 unspecified atom stereocenters. The highest BCUT2D eigenvalue weighted by atomic mass is 16.4. The van der Waals surface area contributed by atoms with Crippen molar-refractivity contribution in [1.82, 2.24) is 19.2 Å². The molecule has 0 aliphatic rings. The van der Waals surface area contributed by atoms with Gasteiger partial charge in [-0.05, 0) is 24.1 Å². The number of carbonyl (C=O) groups is 1. The van der Waals surface area contributed by atoms with Gasteiger partial charge in [0.2, 0.25) is 0 Å². The number of aromatic nitrogens is 4. The second-order valence-electron chi connectivity index (χ2n) is 7.69.